The summed E-state index contributed by atoms with van der Waals surface area (Å²) in [6.07, 6.45) is 4.68. The van der Waals surface area contributed by atoms with Crippen LogP contribution in [0.1, 0.15) is 42.5 Å². The molecule has 0 atom stereocenters. The number of aromatic nitrogens is 4. The molecule has 0 spiro atoms. The van der Waals surface area contributed by atoms with Gasteiger partial charge in [-0.25, -0.2) is 4.98 Å². The molecule has 152 valence electrons. The Balaban J connectivity index is 1.55. The summed E-state index contributed by atoms with van der Waals surface area (Å²) < 4.78 is 6.98. The van der Waals surface area contributed by atoms with E-state index < -0.39 is 0 Å². The van der Waals surface area contributed by atoms with Crippen LogP contribution in [0.4, 0.5) is 6.01 Å². The van der Waals surface area contributed by atoms with Gasteiger partial charge in [0.2, 0.25) is 11.8 Å². The van der Waals surface area contributed by atoms with Crippen LogP contribution in [0.15, 0.2) is 27.0 Å². The number of thioether (sulfide) groups is 1. The Bertz CT molecular complexity index is 1140. The Morgan fingerprint density at radius 1 is 1.41 bits per heavy atom. The van der Waals surface area contributed by atoms with Crippen molar-refractivity contribution in [3.05, 3.63) is 39.3 Å². The zero-order valence-electron chi connectivity index (χ0n) is 16.2. The molecule has 1 N–H and O–H groups in total. The van der Waals surface area contributed by atoms with E-state index in [2.05, 4.69) is 27.1 Å². The summed E-state index contributed by atoms with van der Waals surface area (Å²) in [7, 11) is 0. The molecule has 0 saturated heterocycles. The molecular weight excluding hydrogens is 410 g/mol. The Hall–Kier alpha value is -2.46. The molecule has 0 unspecified atom stereocenters. The van der Waals surface area contributed by atoms with Crippen LogP contribution in [0.3, 0.4) is 0 Å². The van der Waals surface area contributed by atoms with Crippen molar-refractivity contribution in [2.45, 2.75) is 50.7 Å². The summed E-state index contributed by atoms with van der Waals surface area (Å²) in [5, 5.41) is 11.5. The number of rotatable bonds is 7. The second kappa shape index (κ2) is 8.11. The van der Waals surface area contributed by atoms with Gasteiger partial charge in [-0.2, -0.15) is 0 Å². The van der Waals surface area contributed by atoms with Gasteiger partial charge in [0, 0.05) is 17.3 Å². The lowest BCUT2D eigenvalue weighted by molar-refractivity contribution is -0.113. The summed E-state index contributed by atoms with van der Waals surface area (Å²) in [6, 6.07) is 0.0703. The van der Waals surface area contributed by atoms with Gasteiger partial charge in [-0.05, 0) is 24.8 Å². The van der Waals surface area contributed by atoms with E-state index in [-0.39, 0.29) is 29.2 Å². The van der Waals surface area contributed by atoms with E-state index >= 15 is 0 Å². The molecule has 8 nitrogen and oxygen atoms in total. The highest BCUT2D eigenvalue weighted by Crippen LogP contribution is 2.35. The maximum Gasteiger partial charge on any atom is 0.322 e. The predicted molar refractivity (Wildman–Crippen MR) is 114 cm³/mol. The number of fused-ring (bicyclic) bond motifs is 3. The fourth-order valence-corrected chi connectivity index (χ4v) is 5.37. The number of aryl methyl sites for hydroxylation is 2. The standard InChI is InChI=1S/C19H21N5O3S2/c1-4-8-24-17(26)14-11-6-5-7-12(11)29-16(14)21-19(24)28-9-13(25)20-18-23-22-15(27-18)10(2)3/h4,10H,1,5-9H2,2-3H3,(H,20,23,25). The zero-order valence-corrected chi connectivity index (χ0v) is 17.9. The summed E-state index contributed by atoms with van der Waals surface area (Å²) in [5.41, 5.74) is 1.09. The van der Waals surface area contributed by atoms with Crippen molar-refractivity contribution in [3.63, 3.8) is 0 Å². The SMILES string of the molecule is C=CCn1c(SCC(=O)Nc2nnc(C(C)C)o2)nc2sc3c(c2c1=O)CCC3. The third-order valence-corrected chi connectivity index (χ3v) is 6.78. The number of carbonyl (C=O) groups is 1. The molecule has 0 bridgehead atoms. The number of anilines is 1. The first kappa shape index (κ1) is 19.8. The molecule has 0 aliphatic heterocycles. The highest BCUT2D eigenvalue weighted by molar-refractivity contribution is 7.99. The van der Waals surface area contributed by atoms with E-state index in [0.717, 1.165) is 35.0 Å². The molecule has 0 radical (unpaired) electrons. The largest absolute Gasteiger partial charge is 0.408 e. The summed E-state index contributed by atoms with van der Waals surface area (Å²) in [4.78, 5) is 32.1. The quantitative estimate of drug-likeness (QED) is 0.347. The van der Waals surface area contributed by atoms with Gasteiger partial charge in [-0.1, -0.05) is 36.8 Å². The van der Waals surface area contributed by atoms with Gasteiger partial charge in [0.25, 0.3) is 5.56 Å². The summed E-state index contributed by atoms with van der Waals surface area (Å²) in [5.74, 6) is 0.312. The third-order valence-electron chi connectivity index (χ3n) is 4.61. The molecule has 4 rings (SSSR count). The number of allylic oxidation sites excluding steroid dienone is 1. The first-order valence-electron chi connectivity index (χ1n) is 9.40. The molecule has 3 heterocycles. The number of amides is 1. The van der Waals surface area contributed by atoms with Crippen molar-refractivity contribution in [1.29, 1.82) is 0 Å². The Labute approximate surface area is 175 Å². The van der Waals surface area contributed by atoms with E-state index in [1.54, 1.807) is 22.0 Å². The number of nitrogens with one attached hydrogen (secondary N) is 1. The van der Waals surface area contributed by atoms with E-state index in [9.17, 15) is 9.59 Å². The van der Waals surface area contributed by atoms with Crippen LogP contribution in [-0.4, -0.2) is 31.4 Å². The highest BCUT2D eigenvalue weighted by Gasteiger charge is 2.23. The molecule has 0 saturated carbocycles. The molecule has 0 aromatic carbocycles. The van der Waals surface area contributed by atoms with Gasteiger partial charge in [-0.15, -0.1) is 23.0 Å². The number of hydrogen-bond acceptors (Lipinski definition) is 8. The normalized spacial score (nSPS) is 13.2. The number of thiophene rings is 1. The van der Waals surface area contributed by atoms with Gasteiger partial charge < -0.3 is 4.42 Å². The van der Waals surface area contributed by atoms with Crippen molar-refractivity contribution >= 4 is 45.2 Å². The minimum absolute atomic E-state index is 0.0596. The van der Waals surface area contributed by atoms with Gasteiger partial charge in [0.1, 0.15) is 4.83 Å². The molecule has 0 fully saturated rings. The molecule has 1 amide bonds. The number of carbonyl (C=O) groups excluding carboxylic acids is 1. The van der Waals surface area contributed by atoms with Gasteiger partial charge in [-0.3, -0.25) is 19.5 Å². The van der Waals surface area contributed by atoms with Crippen molar-refractivity contribution in [3.8, 4) is 0 Å². The monoisotopic (exact) mass is 431 g/mol. The van der Waals surface area contributed by atoms with E-state index in [1.165, 1.54) is 16.6 Å². The van der Waals surface area contributed by atoms with Crippen LogP contribution in [0, 0.1) is 0 Å². The Morgan fingerprint density at radius 2 is 2.24 bits per heavy atom. The third kappa shape index (κ3) is 3.86. The second-order valence-electron chi connectivity index (χ2n) is 7.07. The van der Waals surface area contributed by atoms with Crippen LogP contribution in [0.5, 0.6) is 0 Å². The predicted octanol–water partition coefficient (Wildman–Crippen LogP) is 3.37. The number of hydrogen-bond donors (Lipinski definition) is 1. The van der Waals surface area contributed by atoms with Gasteiger partial charge in [0.15, 0.2) is 5.16 Å². The van der Waals surface area contributed by atoms with E-state index in [0.29, 0.717) is 17.6 Å². The minimum Gasteiger partial charge on any atom is -0.408 e. The smallest absolute Gasteiger partial charge is 0.322 e. The average Bonchev–Trinajstić information content (AvgIpc) is 3.38. The van der Waals surface area contributed by atoms with Crippen LogP contribution in [0.2, 0.25) is 0 Å². The lowest BCUT2D eigenvalue weighted by Crippen LogP contribution is -2.24. The van der Waals surface area contributed by atoms with Crippen LogP contribution in [-0.2, 0) is 24.2 Å². The molecule has 10 heteroatoms. The summed E-state index contributed by atoms with van der Waals surface area (Å²) >= 11 is 2.79. The minimum atomic E-state index is -0.304. The molecule has 29 heavy (non-hydrogen) atoms. The molecule has 3 aromatic rings. The van der Waals surface area contributed by atoms with Gasteiger partial charge in [0.05, 0.1) is 11.1 Å². The lowest BCUT2D eigenvalue weighted by Gasteiger charge is -2.10. The van der Waals surface area contributed by atoms with Crippen molar-refractivity contribution in [2.75, 3.05) is 11.1 Å². The van der Waals surface area contributed by atoms with E-state index in [1.807, 2.05) is 13.8 Å². The zero-order chi connectivity index (χ0) is 20.5. The second-order valence-corrected chi connectivity index (χ2v) is 9.10. The molecule has 1 aliphatic rings. The average molecular weight is 432 g/mol. The molecular formula is C19H21N5O3S2. The molecule has 1 aliphatic carbocycles. The van der Waals surface area contributed by atoms with Crippen LogP contribution < -0.4 is 10.9 Å². The lowest BCUT2D eigenvalue weighted by atomic mass is 10.2. The maximum absolute atomic E-state index is 13.1. The van der Waals surface area contributed by atoms with Gasteiger partial charge >= 0.3 is 6.01 Å². The Morgan fingerprint density at radius 3 is 2.97 bits per heavy atom. The van der Waals surface area contributed by atoms with Crippen molar-refractivity contribution in [1.82, 2.24) is 19.7 Å². The first-order valence-corrected chi connectivity index (χ1v) is 11.2. The van der Waals surface area contributed by atoms with Crippen molar-refractivity contribution < 1.29 is 9.21 Å². The maximum atomic E-state index is 13.1. The van der Waals surface area contributed by atoms with Crippen LogP contribution >= 0.6 is 23.1 Å². The molecule has 3 aromatic heterocycles. The van der Waals surface area contributed by atoms with Crippen LogP contribution in [0.25, 0.3) is 10.2 Å². The number of nitrogens with zero attached hydrogens (tertiary/aromatic N) is 4. The highest BCUT2D eigenvalue weighted by atomic mass is 32.2. The Kier molecular flexibility index (Phi) is 5.55. The fourth-order valence-electron chi connectivity index (χ4n) is 3.26. The summed E-state index contributed by atoms with van der Waals surface area (Å²) in [6.45, 7) is 7.94. The fraction of sp³-hybridized carbons (Fsp3) is 0.421. The van der Waals surface area contributed by atoms with Crippen molar-refractivity contribution in [2.24, 2.45) is 0 Å². The topological polar surface area (TPSA) is 103 Å². The first-order chi connectivity index (χ1) is 14.0. The van der Waals surface area contributed by atoms with E-state index in [4.69, 9.17) is 4.42 Å².